The third kappa shape index (κ3) is 5.15. The molecule has 0 atom stereocenters. The molecule has 0 unspecified atom stereocenters. The van der Waals surface area contributed by atoms with Crippen LogP contribution in [-0.4, -0.2) is 45.1 Å². The summed E-state index contributed by atoms with van der Waals surface area (Å²) in [7, 11) is 1.64. The van der Waals surface area contributed by atoms with Crippen molar-refractivity contribution in [3.63, 3.8) is 0 Å². The van der Waals surface area contributed by atoms with E-state index in [0.29, 0.717) is 23.4 Å². The number of ether oxygens (including phenoxy) is 1. The molecule has 9 heteroatoms. The largest absolute Gasteiger partial charge is 0.383 e. The van der Waals surface area contributed by atoms with Gasteiger partial charge in [0.15, 0.2) is 10.3 Å². The van der Waals surface area contributed by atoms with Crippen LogP contribution in [0.5, 0.6) is 0 Å². The topological polar surface area (TPSA) is 81.9 Å². The fraction of sp³-hybridized carbons (Fsp3) is 0.333. The highest BCUT2D eigenvalue weighted by Gasteiger charge is 2.11. The number of aromatic nitrogens is 4. The third-order valence-corrected chi connectivity index (χ3v) is 5.74. The summed E-state index contributed by atoms with van der Waals surface area (Å²) in [5.74, 6) is 0.117. The molecule has 1 amide bonds. The summed E-state index contributed by atoms with van der Waals surface area (Å²) in [6, 6.07) is 6.24. The first-order valence-corrected chi connectivity index (χ1v) is 10.3. The van der Waals surface area contributed by atoms with Gasteiger partial charge in [-0.2, -0.15) is 0 Å². The van der Waals surface area contributed by atoms with Gasteiger partial charge in [0.1, 0.15) is 6.33 Å². The van der Waals surface area contributed by atoms with Gasteiger partial charge in [-0.05, 0) is 31.0 Å². The molecule has 0 aliphatic carbocycles. The lowest BCUT2D eigenvalue weighted by Crippen LogP contribution is -2.14. The molecule has 0 fully saturated rings. The molecule has 0 aliphatic rings. The minimum absolute atomic E-state index is 0.123. The van der Waals surface area contributed by atoms with Crippen LogP contribution in [-0.2, 0) is 16.1 Å². The van der Waals surface area contributed by atoms with Gasteiger partial charge in [-0.3, -0.25) is 4.79 Å². The van der Waals surface area contributed by atoms with Crippen molar-refractivity contribution in [2.75, 3.05) is 24.8 Å². The lowest BCUT2D eigenvalue weighted by atomic mass is 10.1. The fourth-order valence-electron chi connectivity index (χ4n) is 2.35. The van der Waals surface area contributed by atoms with Crippen molar-refractivity contribution in [3.05, 3.63) is 41.0 Å². The molecule has 0 bridgehead atoms. The number of anilines is 1. The number of amides is 1. The molecule has 0 aliphatic heterocycles. The average Bonchev–Trinajstić information content (AvgIpc) is 3.30. The Balaban J connectivity index is 1.56. The molecule has 27 heavy (non-hydrogen) atoms. The van der Waals surface area contributed by atoms with Gasteiger partial charge in [0, 0.05) is 24.6 Å². The van der Waals surface area contributed by atoms with Crippen LogP contribution in [0.2, 0.25) is 0 Å². The molecule has 0 spiro atoms. The summed E-state index contributed by atoms with van der Waals surface area (Å²) in [6.07, 6.45) is 1.63. The van der Waals surface area contributed by atoms with Crippen molar-refractivity contribution in [1.29, 1.82) is 0 Å². The van der Waals surface area contributed by atoms with E-state index in [2.05, 4.69) is 46.5 Å². The number of rotatable bonds is 8. The lowest BCUT2D eigenvalue weighted by molar-refractivity contribution is -0.113. The zero-order valence-electron chi connectivity index (χ0n) is 15.4. The average molecular weight is 404 g/mol. The maximum Gasteiger partial charge on any atom is 0.236 e. The van der Waals surface area contributed by atoms with Crippen LogP contribution >= 0.6 is 23.1 Å². The second kappa shape index (κ2) is 9.12. The Kier molecular flexibility index (Phi) is 6.59. The SMILES string of the molecule is COCCn1cnnc1SCC(=O)Nc1nc(-c2ccc(C)c(C)c2)cs1. The van der Waals surface area contributed by atoms with Crippen molar-refractivity contribution in [1.82, 2.24) is 19.7 Å². The smallest absolute Gasteiger partial charge is 0.236 e. The number of hydrogen-bond donors (Lipinski definition) is 1. The van der Waals surface area contributed by atoms with E-state index in [0.717, 1.165) is 11.3 Å². The molecule has 1 aromatic carbocycles. The summed E-state index contributed by atoms with van der Waals surface area (Å²) in [4.78, 5) is 16.8. The number of nitrogens with one attached hydrogen (secondary N) is 1. The Bertz CT molecular complexity index is 922. The maximum atomic E-state index is 12.2. The summed E-state index contributed by atoms with van der Waals surface area (Å²) in [6.45, 7) is 5.38. The summed E-state index contributed by atoms with van der Waals surface area (Å²) >= 11 is 2.76. The zero-order valence-corrected chi connectivity index (χ0v) is 17.1. The number of aryl methyl sites for hydroxylation is 2. The van der Waals surface area contributed by atoms with Gasteiger partial charge in [-0.25, -0.2) is 4.98 Å². The second-order valence-electron chi connectivity index (χ2n) is 5.97. The number of thiazole rings is 1. The fourth-order valence-corrected chi connectivity index (χ4v) is 3.83. The van der Waals surface area contributed by atoms with E-state index < -0.39 is 0 Å². The van der Waals surface area contributed by atoms with E-state index in [1.54, 1.807) is 13.4 Å². The predicted molar refractivity (Wildman–Crippen MR) is 108 cm³/mol. The molecule has 1 N–H and O–H groups in total. The third-order valence-electron chi connectivity index (χ3n) is 4.00. The Morgan fingerprint density at radius 1 is 1.33 bits per heavy atom. The van der Waals surface area contributed by atoms with Crippen molar-refractivity contribution in [3.8, 4) is 11.3 Å². The van der Waals surface area contributed by atoms with E-state index in [-0.39, 0.29) is 11.7 Å². The van der Waals surface area contributed by atoms with Crippen molar-refractivity contribution < 1.29 is 9.53 Å². The van der Waals surface area contributed by atoms with Crippen molar-refractivity contribution in [2.45, 2.75) is 25.5 Å². The number of benzene rings is 1. The van der Waals surface area contributed by atoms with Crippen LogP contribution < -0.4 is 5.32 Å². The van der Waals surface area contributed by atoms with Crippen LogP contribution in [0.3, 0.4) is 0 Å². The first-order chi connectivity index (χ1) is 13.1. The van der Waals surface area contributed by atoms with Crippen LogP contribution in [0.4, 0.5) is 5.13 Å². The molecule has 7 nitrogen and oxygen atoms in total. The van der Waals surface area contributed by atoms with Crippen molar-refractivity contribution >= 4 is 34.1 Å². The van der Waals surface area contributed by atoms with Gasteiger partial charge in [0.05, 0.1) is 18.1 Å². The van der Waals surface area contributed by atoms with E-state index in [4.69, 9.17) is 4.74 Å². The highest BCUT2D eigenvalue weighted by atomic mass is 32.2. The van der Waals surface area contributed by atoms with Crippen LogP contribution in [0.1, 0.15) is 11.1 Å². The molecular weight excluding hydrogens is 382 g/mol. The molecule has 0 saturated heterocycles. The van der Waals surface area contributed by atoms with E-state index >= 15 is 0 Å². The Hall–Kier alpha value is -2.23. The highest BCUT2D eigenvalue weighted by Crippen LogP contribution is 2.26. The Labute approximate surface area is 166 Å². The maximum absolute atomic E-state index is 12.2. The van der Waals surface area contributed by atoms with Gasteiger partial charge >= 0.3 is 0 Å². The number of nitrogens with zero attached hydrogens (tertiary/aromatic N) is 4. The molecule has 2 heterocycles. The van der Waals surface area contributed by atoms with Gasteiger partial charge < -0.3 is 14.6 Å². The Morgan fingerprint density at radius 2 is 2.19 bits per heavy atom. The van der Waals surface area contributed by atoms with E-state index in [1.165, 1.54) is 34.2 Å². The molecule has 142 valence electrons. The highest BCUT2D eigenvalue weighted by molar-refractivity contribution is 7.99. The number of hydrogen-bond acceptors (Lipinski definition) is 7. The van der Waals surface area contributed by atoms with Crippen LogP contribution in [0.25, 0.3) is 11.3 Å². The molecular formula is C18H21N5O2S2. The van der Waals surface area contributed by atoms with Crippen molar-refractivity contribution in [2.24, 2.45) is 0 Å². The summed E-state index contributed by atoms with van der Waals surface area (Å²) in [5, 5.41) is 14.0. The number of carbonyl (C=O) groups excluding carboxylic acids is 1. The molecule has 3 rings (SSSR count). The van der Waals surface area contributed by atoms with E-state index in [9.17, 15) is 4.79 Å². The summed E-state index contributed by atoms with van der Waals surface area (Å²) in [5.41, 5.74) is 4.39. The number of thioether (sulfide) groups is 1. The normalized spacial score (nSPS) is 10.9. The predicted octanol–water partition coefficient (Wildman–Crippen LogP) is 3.40. The lowest BCUT2D eigenvalue weighted by Gasteiger charge is -2.05. The molecule has 2 aromatic heterocycles. The molecule has 0 radical (unpaired) electrons. The van der Waals surface area contributed by atoms with Gasteiger partial charge in [0.25, 0.3) is 0 Å². The first-order valence-electron chi connectivity index (χ1n) is 8.39. The van der Waals surface area contributed by atoms with Gasteiger partial charge in [-0.15, -0.1) is 21.5 Å². The summed E-state index contributed by atoms with van der Waals surface area (Å²) < 4.78 is 6.92. The van der Waals surface area contributed by atoms with Gasteiger partial charge in [-0.1, -0.05) is 23.9 Å². The monoisotopic (exact) mass is 403 g/mol. The quantitative estimate of drug-likeness (QED) is 0.581. The van der Waals surface area contributed by atoms with Gasteiger partial charge in [0.2, 0.25) is 5.91 Å². The zero-order chi connectivity index (χ0) is 19.2. The standard InChI is InChI=1S/C18H21N5O2S2/c1-12-4-5-14(8-13(12)2)15-9-26-17(20-15)21-16(24)10-27-18-22-19-11-23(18)6-7-25-3/h4-5,8-9,11H,6-7,10H2,1-3H3,(H,20,21,24). The minimum atomic E-state index is -0.123. The minimum Gasteiger partial charge on any atom is -0.383 e. The molecule has 0 saturated carbocycles. The second-order valence-corrected chi connectivity index (χ2v) is 7.77. The molecule has 3 aromatic rings. The Morgan fingerprint density at radius 3 is 2.96 bits per heavy atom. The van der Waals surface area contributed by atoms with E-state index in [1.807, 2.05) is 16.0 Å². The van der Waals surface area contributed by atoms with Crippen LogP contribution in [0.15, 0.2) is 35.1 Å². The first kappa shape index (κ1) is 19.5. The number of methoxy groups -OCH3 is 1. The van der Waals surface area contributed by atoms with Crippen LogP contribution in [0, 0.1) is 13.8 Å². The number of carbonyl (C=O) groups is 1.